The largest absolute Gasteiger partial charge is 0.493 e. The lowest BCUT2D eigenvalue weighted by Crippen LogP contribution is -2.44. The van der Waals surface area contributed by atoms with Gasteiger partial charge in [0.25, 0.3) is 0 Å². The number of likely N-dealkylation sites (tertiary alicyclic amines) is 1. The molecule has 7 rings (SSSR count). The van der Waals surface area contributed by atoms with E-state index in [1.165, 1.54) is 5.56 Å². The number of aromatic nitrogens is 1. The highest BCUT2D eigenvalue weighted by Crippen LogP contribution is 2.40. The number of hydrogen-bond donors (Lipinski definition) is 1. The predicted molar refractivity (Wildman–Crippen MR) is 184 cm³/mol. The van der Waals surface area contributed by atoms with Crippen molar-refractivity contribution in [1.82, 2.24) is 14.8 Å². The highest BCUT2D eigenvalue weighted by Gasteiger charge is 2.30. The number of aliphatic carboxylic acids is 1. The second kappa shape index (κ2) is 14.1. The summed E-state index contributed by atoms with van der Waals surface area (Å²) in [5, 5.41) is 9.82. The van der Waals surface area contributed by atoms with E-state index in [1.54, 1.807) is 0 Å². The molecule has 2 fully saturated rings. The summed E-state index contributed by atoms with van der Waals surface area (Å²) in [6.45, 7) is 10.4. The van der Waals surface area contributed by atoms with Gasteiger partial charge in [-0.25, -0.2) is 4.98 Å². The molecule has 1 unspecified atom stereocenters. The van der Waals surface area contributed by atoms with Crippen LogP contribution >= 0.6 is 0 Å². The van der Waals surface area contributed by atoms with Gasteiger partial charge >= 0.3 is 5.97 Å². The fourth-order valence-corrected chi connectivity index (χ4v) is 7.52. The Bertz CT molecular complexity index is 1810. The van der Waals surface area contributed by atoms with E-state index in [2.05, 4.69) is 30.0 Å². The van der Waals surface area contributed by atoms with Crippen molar-refractivity contribution in [1.29, 1.82) is 0 Å². The van der Waals surface area contributed by atoms with Gasteiger partial charge in [0.05, 0.1) is 19.8 Å². The summed E-state index contributed by atoms with van der Waals surface area (Å²) in [4.78, 5) is 36.5. The van der Waals surface area contributed by atoms with E-state index in [1.807, 2.05) is 47.1 Å². The molecule has 4 aromatic rings. The number of carboxylic acid groups (broad SMARTS) is 1. The van der Waals surface area contributed by atoms with E-state index < -0.39 is 12.0 Å². The average molecular weight is 653 g/mol. The van der Waals surface area contributed by atoms with Crippen LogP contribution in [0.4, 0.5) is 5.69 Å². The molecule has 252 valence electrons. The third-order valence-corrected chi connectivity index (χ3v) is 10.1. The lowest BCUT2D eigenvalue weighted by atomic mass is 9.92. The summed E-state index contributed by atoms with van der Waals surface area (Å²) in [7, 11) is 0. The van der Waals surface area contributed by atoms with Crippen molar-refractivity contribution in [3.05, 3.63) is 65.2 Å². The lowest BCUT2D eigenvalue weighted by molar-refractivity contribution is -0.144. The minimum Gasteiger partial charge on any atom is -0.493 e. The first-order valence-corrected chi connectivity index (χ1v) is 17.3. The maximum atomic E-state index is 13.3. The molecule has 48 heavy (non-hydrogen) atoms. The molecule has 1 amide bonds. The van der Waals surface area contributed by atoms with Crippen molar-refractivity contribution in [3.63, 3.8) is 0 Å². The lowest BCUT2D eigenvalue weighted by Gasteiger charge is -2.33. The number of hydrogen-bond acceptors (Lipinski definition) is 8. The first-order valence-electron chi connectivity index (χ1n) is 17.3. The number of ether oxygens (including phenoxy) is 2. The Morgan fingerprint density at radius 2 is 1.79 bits per heavy atom. The molecule has 0 saturated carbocycles. The Kier molecular flexibility index (Phi) is 9.48. The van der Waals surface area contributed by atoms with Crippen molar-refractivity contribution in [3.8, 4) is 28.3 Å². The van der Waals surface area contributed by atoms with Crippen molar-refractivity contribution in [2.24, 2.45) is 0 Å². The predicted octanol–water partition coefficient (Wildman–Crippen LogP) is 5.92. The topological polar surface area (TPSA) is 109 Å². The van der Waals surface area contributed by atoms with Crippen molar-refractivity contribution in [2.75, 3.05) is 57.4 Å². The number of oxazole rings is 1. The Morgan fingerprint density at radius 1 is 1.00 bits per heavy atom. The molecule has 2 saturated heterocycles. The van der Waals surface area contributed by atoms with Crippen LogP contribution in [0.1, 0.15) is 49.3 Å². The number of anilines is 1. The molecule has 1 atom stereocenters. The molecule has 3 aromatic carbocycles. The van der Waals surface area contributed by atoms with Gasteiger partial charge in [-0.3, -0.25) is 19.4 Å². The SMILES string of the molecule is CCOc1cc2oc(-c3cccc(-c4cccc5c4CCN5C(=O)CCN4CCOCC4)c3C)nc2cc1CN1CCCCC1C(=O)O. The molecule has 1 aromatic heterocycles. The second-order valence-corrected chi connectivity index (χ2v) is 13.0. The number of benzene rings is 3. The monoisotopic (exact) mass is 652 g/mol. The molecular formula is C38H44N4O6. The summed E-state index contributed by atoms with van der Waals surface area (Å²) in [5.74, 6) is 0.605. The molecule has 4 heterocycles. The zero-order valence-electron chi connectivity index (χ0n) is 27.9. The first-order chi connectivity index (χ1) is 23.4. The van der Waals surface area contributed by atoms with Crippen LogP contribution in [0, 0.1) is 6.92 Å². The van der Waals surface area contributed by atoms with E-state index in [4.69, 9.17) is 18.9 Å². The number of amides is 1. The molecule has 0 radical (unpaired) electrons. The molecule has 3 aliphatic rings. The third kappa shape index (κ3) is 6.44. The van der Waals surface area contributed by atoms with E-state index in [0.717, 1.165) is 92.2 Å². The fourth-order valence-electron chi connectivity index (χ4n) is 7.52. The molecule has 3 aliphatic heterocycles. The zero-order chi connectivity index (χ0) is 33.2. The van der Waals surface area contributed by atoms with Crippen molar-refractivity contribution in [2.45, 2.75) is 58.5 Å². The van der Waals surface area contributed by atoms with Gasteiger partial charge < -0.3 is 23.9 Å². The van der Waals surface area contributed by atoms with Crippen LogP contribution in [0.15, 0.2) is 52.9 Å². The highest BCUT2D eigenvalue weighted by molar-refractivity contribution is 5.97. The minimum atomic E-state index is -0.778. The molecule has 0 bridgehead atoms. The Hall–Kier alpha value is -4.25. The normalized spacial score (nSPS) is 18.7. The Morgan fingerprint density at radius 3 is 2.60 bits per heavy atom. The van der Waals surface area contributed by atoms with Crippen LogP contribution in [0.5, 0.6) is 5.75 Å². The smallest absolute Gasteiger partial charge is 0.320 e. The Balaban J connectivity index is 1.16. The van der Waals surface area contributed by atoms with Gasteiger partial charge in [0.15, 0.2) is 5.58 Å². The fraction of sp³-hybridized carbons (Fsp3) is 0.447. The molecule has 10 nitrogen and oxygen atoms in total. The molecular weight excluding hydrogens is 608 g/mol. The maximum Gasteiger partial charge on any atom is 0.320 e. The number of carbonyl (C=O) groups is 2. The number of carboxylic acids is 1. The number of morpholine rings is 1. The Labute approximate surface area is 281 Å². The van der Waals surface area contributed by atoms with E-state index in [0.29, 0.717) is 55.3 Å². The van der Waals surface area contributed by atoms with Crippen LogP contribution < -0.4 is 9.64 Å². The summed E-state index contributed by atoms with van der Waals surface area (Å²) >= 11 is 0. The highest BCUT2D eigenvalue weighted by atomic mass is 16.5. The van der Waals surface area contributed by atoms with Gasteiger partial charge in [-0.1, -0.05) is 30.7 Å². The first kappa shape index (κ1) is 32.3. The maximum absolute atomic E-state index is 13.3. The van der Waals surface area contributed by atoms with E-state index in [9.17, 15) is 14.7 Å². The second-order valence-electron chi connectivity index (χ2n) is 13.0. The number of rotatable bonds is 10. The molecule has 0 spiro atoms. The van der Waals surface area contributed by atoms with Gasteiger partial charge in [0.2, 0.25) is 11.8 Å². The van der Waals surface area contributed by atoms with Crippen LogP contribution in [-0.2, 0) is 27.3 Å². The van der Waals surface area contributed by atoms with Gasteiger partial charge in [0, 0.05) is 62.0 Å². The van der Waals surface area contributed by atoms with Crippen LogP contribution in [0.25, 0.3) is 33.7 Å². The number of nitrogens with zero attached hydrogens (tertiary/aromatic N) is 4. The standard InChI is InChI=1S/C38H44N4O6/c1-3-47-34-23-35-31(22-26(34)24-41-15-5-4-11-33(41)38(44)45)39-37(48-35)28-9-6-8-27(25(28)2)29-10-7-12-32-30(29)13-17-42(32)36(43)14-16-40-18-20-46-21-19-40/h6-10,12,22-23,33H,3-5,11,13-21,24H2,1-2H3,(H,44,45). The molecule has 1 N–H and O–H groups in total. The number of carbonyl (C=O) groups excluding carboxylic acids is 1. The van der Waals surface area contributed by atoms with Gasteiger partial charge in [-0.2, -0.15) is 0 Å². The summed E-state index contributed by atoms with van der Waals surface area (Å²) in [5.41, 5.74) is 8.62. The number of piperidine rings is 1. The van der Waals surface area contributed by atoms with Crippen LogP contribution in [-0.4, -0.2) is 90.4 Å². The summed E-state index contributed by atoms with van der Waals surface area (Å²) in [6, 6.07) is 15.8. The summed E-state index contributed by atoms with van der Waals surface area (Å²) < 4.78 is 17.8. The minimum absolute atomic E-state index is 0.166. The van der Waals surface area contributed by atoms with Crippen molar-refractivity contribution < 1.29 is 28.6 Å². The van der Waals surface area contributed by atoms with E-state index >= 15 is 0 Å². The number of fused-ring (bicyclic) bond motifs is 2. The van der Waals surface area contributed by atoms with Crippen LogP contribution in [0.2, 0.25) is 0 Å². The van der Waals surface area contributed by atoms with Gasteiger partial charge in [-0.15, -0.1) is 0 Å². The van der Waals surface area contributed by atoms with Crippen molar-refractivity contribution >= 4 is 28.7 Å². The van der Waals surface area contributed by atoms with E-state index in [-0.39, 0.29) is 5.91 Å². The van der Waals surface area contributed by atoms with Gasteiger partial charge in [0.1, 0.15) is 17.3 Å². The zero-order valence-corrected chi connectivity index (χ0v) is 27.9. The van der Waals surface area contributed by atoms with Gasteiger partial charge in [-0.05, 0) is 80.1 Å². The molecule has 0 aliphatic carbocycles. The third-order valence-electron chi connectivity index (χ3n) is 10.1. The van der Waals surface area contributed by atoms with Crippen LogP contribution in [0.3, 0.4) is 0 Å². The quantitative estimate of drug-likeness (QED) is 0.223. The molecule has 10 heteroatoms. The summed E-state index contributed by atoms with van der Waals surface area (Å²) in [6.07, 6.45) is 3.87. The average Bonchev–Trinajstić information content (AvgIpc) is 3.72.